The Hall–Kier alpha value is -3.28. The number of rotatable bonds is 4. The molecule has 1 amide bonds. The monoisotopic (exact) mass is 529 g/mol. The molecule has 3 aliphatic carbocycles. The number of hydrogen-bond acceptors (Lipinski definition) is 9. The molecule has 1 saturated heterocycles. The molecular weight excluding hydrogens is 497 g/mol. The number of carbonyl (C=O) groups excluding carboxylic acids is 3. The van der Waals surface area contributed by atoms with Crippen LogP contribution in [0.1, 0.15) is 36.0 Å². The van der Waals surface area contributed by atoms with Crippen molar-refractivity contribution in [2.45, 2.75) is 50.0 Å². The predicted molar refractivity (Wildman–Crippen MR) is 134 cm³/mol. The first-order valence-electron chi connectivity index (χ1n) is 12.7. The van der Waals surface area contributed by atoms with Crippen LogP contribution in [-0.4, -0.2) is 92.7 Å². The predicted octanol–water partition coefficient (Wildman–Crippen LogP) is 0.898. The van der Waals surface area contributed by atoms with E-state index in [1.165, 1.54) is 11.0 Å². The van der Waals surface area contributed by atoms with E-state index in [1.807, 2.05) is 0 Å². The van der Waals surface area contributed by atoms with Gasteiger partial charge in [0.2, 0.25) is 5.78 Å². The highest BCUT2D eigenvalue weighted by Crippen LogP contribution is 2.53. The third-order valence-electron chi connectivity index (χ3n) is 8.61. The van der Waals surface area contributed by atoms with Gasteiger partial charge in [0.1, 0.15) is 29.0 Å². The van der Waals surface area contributed by atoms with Crippen molar-refractivity contribution in [3.05, 3.63) is 45.7 Å². The zero-order chi connectivity index (χ0) is 27.7. The summed E-state index contributed by atoms with van der Waals surface area (Å²) in [5, 5.41) is 44.6. The molecule has 0 aromatic heterocycles. The largest absolute Gasteiger partial charge is 0.508 e. The Balaban J connectivity index is 1.62. The Kier molecular flexibility index (Phi) is 6.36. The molecule has 4 aliphatic rings. The molecule has 2 fully saturated rings. The number of nitrogens with zero attached hydrogens (tertiary/aromatic N) is 2. The van der Waals surface area contributed by atoms with Gasteiger partial charge < -0.3 is 26.2 Å². The number of alkyl halides is 1. The van der Waals surface area contributed by atoms with Crippen LogP contribution >= 0.6 is 0 Å². The van der Waals surface area contributed by atoms with Crippen molar-refractivity contribution in [2.75, 3.05) is 27.2 Å². The fourth-order valence-electron chi connectivity index (χ4n) is 6.76. The van der Waals surface area contributed by atoms with E-state index in [-0.39, 0.29) is 29.7 Å². The fraction of sp³-hybridized carbons (Fsp3) is 0.519. The molecule has 1 heterocycles. The van der Waals surface area contributed by atoms with Crippen LogP contribution in [0, 0.1) is 11.8 Å². The molecule has 10 nitrogen and oxygen atoms in total. The molecule has 6 N–H and O–H groups in total. The molecule has 0 bridgehead atoms. The van der Waals surface area contributed by atoms with Crippen LogP contribution in [0.2, 0.25) is 0 Å². The third-order valence-corrected chi connectivity index (χ3v) is 8.61. The Morgan fingerprint density at radius 2 is 1.84 bits per heavy atom. The van der Waals surface area contributed by atoms with Gasteiger partial charge in [-0.25, -0.2) is 4.39 Å². The topological polar surface area (TPSA) is 165 Å². The summed E-state index contributed by atoms with van der Waals surface area (Å²) < 4.78 is 13.6. The van der Waals surface area contributed by atoms with Gasteiger partial charge in [0.05, 0.1) is 11.6 Å². The van der Waals surface area contributed by atoms with Crippen molar-refractivity contribution in [3.8, 4) is 5.75 Å². The summed E-state index contributed by atoms with van der Waals surface area (Å²) in [6.07, 6.45) is 0.297. The molecule has 38 heavy (non-hydrogen) atoms. The molecular formula is C27H32FN3O7. The molecule has 0 spiro atoms. The standard InChI is InChI=1S/C27H32FN3O7/c1-30(2)21-16-10-13-9-15-12(11-31-7-5-14(28)6-8-31)3-4-17(32)19(15)22(33)18(13)24(35)27(16,38)25(36)20(23(21)34)26(29)37/h3-4,13-14,16,21,32-33,36,38H,5-11H2,1-2H3,(H2,29,37)/t13-,16-,21-,27-/m0/s1. The number of amides is 1. The van der Waals surface area contributed by atoms with Gasteiger partial charge >= 0.3 is 0 Å². The summed E-state index contributed by atoms with van der Waals surface area (Å²) >= 11 is 0. The molecule has 1 aromatic rings. The first-order chi connectivity index (χ1) is 17.9. The Labute approximate surface area is 218 Å². The zero-order valence-electron chi connectivity index (χ0n) is 21.3. The van der Waals surface area contributed by atoms with Crippen LogP contribution in [0.15, 0.2) is 29.0 Å². The summed E-state index contributed by atoms with van der Waals surface area (Å²) in [6, 6.07) is 2.04. The lowest BCUT2D eigenvalue weighted by Gasteiger charge is -2.50. The number of primary amides is 1. The summed E-state index contributed by atoms with van der Waals surface area (Å²) in [5.74, 6) is -6.71. The lowest BCUT2D eigenvalue weighted by Crippen LogP contribution is -2.65. The number of nitrogens with two attached hydrogens (primary N) is 1. The molecule has 4 atom stereocenters. The Bertz CT molecular complexity index is 1300. The number of phenolic OH excluding ortho intramolecular Hbond substituents is 1. The molecule has 0 radical (unpaired) electrons. The number of Topliss-reactive ketones (excluding diaryl/α,β-unsaturated/α-hetero) is 2. The van der Waals surface area contributed by atoms with E-state index in [0.717, 1.165) is 5.56 Å². The van der Waals surface area contributed by atoms with Crippen LogP contribution in [0.3, 0.4) is 0 Å². The number of aliphatic hydroxyl groups excluding tert-OH is 2. The van der Waals surface area contributed by atoms with Crippen molar-refractivity contribution in [1.82, 2.24) is 9.80 Å². The van der Waals surface area contributed by atoms with Gasteiger partial charge in [-0.3, -0.25) is 24.2 Å². The van der Waals surface area contributed by atoms with Crippen LogP contribution < -0.4 is 5.73 Å². The van der Waals surface area contributed by atoms with Crippen molar-refractivity contribution in [1.29, 1.82) is 0 Å². The number of ketones is 2. The average molecular weight is 530 g/mol. The van der Waals surface area contributed by atoms with E-state index in [9.17, 15) is 39.2 Å². The second-order valence-corrected chi connectivity index (χ2v) is 11.0. The minimum absolute atomic E-state index is 0.0358. The summed E-state index contributed by atoms with van der Waals surface area (Å²) in [6.45, 7) is 1.61. The van der Waals surface area contributed by atoms with E-state index in [2.05, 4.69) is 4.90 Å². The number of carbonyl (C=O) groups is 3. The first-order valence-corrected chi connectivity index (χ1v) is 12.7. The highest BCUT2D eigenvalue weighted by atomic mass is 19.1. The van der Waals surface area contributed by atoms with Crippen molar-refractivity contribution in [2.24, 2.45) is 17.6 Å². The lowest BCUT2D eigenvalue weighted by atomic mass is 9.57. The maximum atomic E-state index is 13.9. The highest BCUT2D eigenvalue weighted by Gasteiger charge is 2.64. The summed E-state index contributed by atoms with van der Waals surface area (Å²) in [5.41, 5.74) is 3.19. The molecule has 1 saturated carbocycles. The van der Waals surface area contributed by atoms with Gasteiger partial charge in [0.25, 0.3) is 5.91 Å². The zero-order valence-corrected chi connectivity index (χ0v) is 21.3. The number of fused-ring (bicyclic) bond motifs is 3. The Morgan fingerprint density at radius 1 is 1.18 bits per heavy atom. The quantitative estimate of drug-likeness (QED) is 0.356. The van der Waals surface area contributed by atoms with Crippen molar-refractivity contribution in [3.63, 3.8) is 0 Å². The Morgan fingerprint density at radius 3 is 2.45 bits per heavy atom. The molecule has 11 heteroatoms. The number of piperidine rings is 1. The van der Waals surface area contributed by atoms with Crippen LogP contribution in [0.5, 0.6) is 5.75 Å². The van der Waals surface area contributed by atoms with Crippen molar-refractivity contribution < 1.29 is 39.2 Å². The number of phenols is 1. The van der Waals surface area contributed by atoms with E-state index >= 15 is 0 Å². The molecule has 204 valence electrons. The van der Waals surface area contributed by atoms with Gasteiger partial charge in [-0.2, -0.15) is 0 Å². The van der Waals surface area contributed by atoms with E-state index in [4.69, 9.17) is 5.73 Å². The second-order valence-electron chi connectivity index (χ2n) is 11.0. The summed E-state index contributed by atoms with van der Waals surface area (Å²) in [7, 11) is 3.12. The molecule has 5 rings (SSSR count). The smallest absolute Gasteiger partial charge is 0.255 e. The maximum absolute atomic E-state index is 13.9. The maximum Gasteiger partial charge on any atom is 0.255 e. The second kappa shape index (κ2) is 9.18. The number of hydrogen-bond donors (Lipinski definition) is 5. The number of halogens is 1. The van der Waals surface area contributed by atoms with Gasteiger partial charge in [0.15, 0.2) is 11.4 Å². The highest BCUT2D eigenvalue weighted by molar-refractivity contribution is 6.24. The number of benzene rings is 1. The van der Waals surface area contributed by atoms with E-state index < -0.39 is 64.2 Å². The minimum atomic E-state index is -2.66. The van der Waals surface area contributed by atoms with E-state index in [1.54, 1.807) is 20.2 Å². The number of likely N-dealkylation sites (N-methyl/N-ethyl adjacent to an activating group) is 1. The molecule has 1 aliphatic heterocycles. The van der Waals surface area contributed by atoms with Crippen molar-refractivity contribution >= 4 is 23.2 Å². The normalized spacial score (nSPS) is 30.4. The van der Waals surface area contributed by atoms with Gasteiger partial charge in [-0.05, 0) is 62.9 Å². The molecule has 0 unspecified atom stereocenters. The summed E-state index contributed by atoms with van der Waals surface area (Å²) in [4.78, 5) is 42.7. The SMILES string of the molecule is CN(C)[C@@H]1C(=O)C(C(N)=O)=C(O)[C@@]2(O)C(=O)C3=C(O)c4c(O)ccc(CN5CCC(F)CC5)c4C[C@H]3C[C@@H]12. The van der Waals surface area contributed by atoms with Gasteiger partial charge in [0, 0.05) is 31.1 Å². The number of likely N-dealkylation sites (tertiary alicyclic amines) is 1. The third kappa shape index (κ3) is 3.75. The van der Waals surface area contributed by atoms with E-state index in [0.29, 0.717) is 38.0 Å². The number of aliphatic hydroxyl groups is 3. The van der Waals surface area contributed by atoms with Crippen LogP contribution in [-0.2, 0) is 27.3 Å². The van der Waals surface area contributed by atoms with Crippen LogP contribution in [0.4, 0.5) is 4.39 Å². The number of aromatic hydroxyl groups is 1. The fourth-order valence-corrected chi connectivity index (χ4v) is 6.76. The average Bonchev–Trinajstić information content (AvgIpc) is 2.84. The first kappa shape index (κ1) is 26.3. The van der Waals surface area contributed by atoms with Gasteiger partial charge in [-0.1, -0.05) is 6.07 Å². The minimum Gasteiger partial charge on any atom is -0.508 e. The lowest BCUT2D eigenvalue weighted by molar-refractivity contribution is -0.153. The molecule has 1 aromatic carbocycles. The van der Waals surface area contributed by atoms with Gasteiger partial charge in [-0.15, -0.1) is 0 Å². The van der Waals surface area contributed by atoms with Crippen LogP contribution in [0.25, 0.3) is 5.76 Å².